The lowest BCUT2D eigenvalue weighted by Gasteiger charge is -2.30. The number of nitrogens with zero attached hydrogens (tertiary/aromatic N) is 3. The molecule has 3 fully saturated rings. The van der Waals surface area contributed by atoms with Gasteiger partial charge in [0.05, 0.1) is 11.8 Å². The number of hydrogen-bond donors (Lipinski definition) is 0. The molecule has 0 saturated carbocycles. The fourth-order valence-electron chi connectivity index (χ4n) is 4.52. The van der Waals surface area contributed by atoms with Crippen molar-refractivity contribution >= 4 is 5.91 Å². The Labute approximate surface area is 141 Å². The second-order valence-electron chi connectivity index (χ2n) is 7.12. The third-order valence-corrected chi connectivity index (χ3v) is 5.79. The minimum absolute atomic E-state index is 0.147. The van der Waals surface area contributed by atoms with E-state index in [1.807, 2.05) is 4.90 Å². The van der Waals surface area contributed by atoms with Gasteiger partial charge in [-0.25, -0.2) is 4.39 Å². The van der Waals surface area contributed by atoms with Crippen LogP contribution in [0.1, 0.15) is 36.0 Å². The van der Waals surface area contributed by atoms with E-state index in [-0.39, 0.29) is 17.5 Å². The summed E-state index contributed by atoms with van der Waals surface area (Å²) in [6.45, 7) is 4.61. The highest BCUT2D eigenvalue weighted by Gasteiger charge is 2.45. The molecular weight excluding hydrogens is 309 g/mol. The summed E-state index contributed by atoms with van der Waals surface area (Å²) in [6, 6.07) is 2.14. The second-order valence-corrected chi connectivity index (χ2v) is 7.12. The third kappa shape index (κ3) is 2.93. The van der Waals surface area contributed by atoms with Gasteiger partial charge in [-0.2, -0.15) is 0 Å². The average molecular weight is 333 g/mol. The Morgan fingerprint density at radius 3 is 2.79 bits per heavy atom. The number of amides is 1. The number of hydrogen-bond acceptors (Lipinski definition) is 4. The van der Waals surface area contributed by atoms with E-state index < -0.39 is 5.82 Å². The number of aromatic nitrogens is 1. The van der Waals surface area contributed by atoms with E-state index in [1.54, 1.807) is 0 Å². The van der Waals surface area contributed by atoms with Crippen molar-refractivity contribution in [1.29, 1.82) is 0 Å². The van der Waals surface area contributed by atoms with E-state index in [1.165, 1.54) is 12.3 Å². The smallest absolute Gasteiger partial charge is 0.257 e. The zero-order valence-electron chi connectivity index (χ0n) is 13.9. The van der Waals surface area contributed by atoms with Crippen LogP contribution in [0.5, 0.6) is 0 Å². The number of carbonyl (C=O) groups is 1. The molecule has 0 bridgehead atoms. The van der Waals surface area contributed by atoms with Gasteiger partial charge >= 0.3 is 0 Å². The molecule has 4 heterocycles. The first-order chi connectivity index (χ1) is 11.7. The van der Waals surface area contributed by atoms with Crippen LogP contribution in [-0.2, 0) is 4.74 Å². The molecule has 0 aliphatic carbocycles. The molecule has 0 aromatic carbocycles. The fourth-order valence-corrected chi connectivity index (χ4v) is 4.52. The highest BCUT2D eigenvalue weighted by Crippen LogP contribution is 2.34. The Morgan fingerprint density at radius 2 is 2.00 bits per heavy atom. The van der Waals surface area contributed by atoms with Gasteiger partial charge in [-0.3, -0.25) is 14.7 Å². The van der Waals surface area contributed by atoms with Crippen molar-refractivity contribution in [1.82, 2.24) is 14.8 Å². The number of likely N-dealkylation sites (tertiary alicyclic amines) is 2. The van der Waals surface area contributed by atoms with Crippen molar-refractivity contribution in [2.45, 2.75) is 37.8 Å². The van der Waals surface area contributed by atoms with Gasteiger partial charge in [-0.05, 0) is 37.7 Å². The molecule has 0 N–H and O–H groups in total. The van der Waals surface area contributed by atoms with E-state index in [9.17, 15) is 9.18 Å². The molecule has 3 aliphatic heterocycles. The Hall–Kier alpha value is -1.53. The largest absolute Gasteiger partial charge is 0.381 e. The molecule has 0 spiro atoms. The number of carbonyl (C=O) groups excluding carboxylic acids is 1. The van der Waals surface area contributed by atoms with Gasteiger partial charge < -0.3 is 9.64 Å². The van der Waals surface area contributed by atoms with Crippen molar-refractivity contribution in [3.8, 4) is 0 Å². The van der Waals surface area contributed by atoms with E-state index in [2.05, 4.69) is 9.88 Å². The molecule has 1 aromatic rings. The van der Waals surface area contributed by atoms with Crippen molar-refractivity contribution in [3.63, 3.8) is 0 Å². The normalized spacial score (nSPS) is 28.3. The predicted octanol–water partition coefficient (Wildman–Crippen LogP) is 1.94. The maximum absolute atomic E-state index is 13.9. The molecule has 6 heteroatoms. The summed E-state index contributed by atoms with van der Waals surface area (Å²) in [7, 11) is 0. The van der Waals surface area contributed by atoms with Gasteiger partial charge in [0.2, 0.25) is 0 Å². The highest BCUT2D eigenvalue weighted by molar-refractivity contribution is 5.94. The van der Waals surface area contributed by atoms with Crippen LogP contribution in [0, 0.1) is 11.7 Å². The van der Waals surface area contributed by atoms with Gasteiger partial charge in [-0.1, -0.05) is 0 Å². The topological polar surface area (TPSA) is 45.7 Å². The molecular formula is C18H24FN3O2. The lowest BCUT2D eigenvalue weighted by atomic mass is 9.99. The molecule has 24 heavy (non-hydrogen) atoms. The predicted molar refractivity (Wildman–Crippen MR) is 87.2 cm³/mol. The molecule has 130 valence electrons. The maximum Gasteiger partial charge on any atom is 0.257 e. The summed E-state index contributed by atoms with van der Waals surface area (Å²) in [5.41, 5.74) is 0.147. The SMILES string of the molecule is O=C(c1ccncc1F)N1CC[C@H]2C1CCN2CC1CCOCC1. The van der Waals surface area contributed by atoms with Crippen LogP contribution in [-0.4, -0.2) is 65.6 Å². The Balaban J connectivity index is 1.42. The number of fused-ring (bicyclic) bond motifs is 1. The molecule has 2 atom stereocenters. The first-order valence-corrected chi connectivity index (χ1v) is 8.96. The van der Waals surface area contributed by atoms with Crippen LogP contribution in [0.2, 0.25) is 0 Å². The van der Waals surface area contributed by atoms with Gasteiger partial charge in [0.15, 0.2) is 5.82 Å². The monoisotopic (exact) mass is 333 g/mol. The van der Waals surface area contributed by atoms with E-state index in [0.29, 0.717) is 12.0 Å². The van der Waals surface area contributed by atoms with Crippen LogP contribution in [0.3, 0.4) is 0 Å². The van der Waals surface area contributed by atoms with E-state index in [4.69, 9.17) is 4.74 Å². The van der Waals surface area contributed by atoms with Crippen molar-refractivity contribution < 1.29 is 13.9 Å². The maximum atomic E-state index is 13.9. The third-order valence-electron chi connectivity index (χ3n) is 5.79. The van der Waals surface area contributed by atoms with Crippen molar-refractivity contribution in [2.75, 3.05) is 32.8 Å². The molecule has 1 aromatic heterocycles. The summed E-state index contributed by atoms with van der Waals surface area (Å²) in [4.78, 5) is 20.9. The standard InChI is InChI=1S/C18H24FN3O2/c19-15-11-20-6-1-14(15)18(23)22-8-3-16-17(22)2-7-21(16)12-13-4-9-24-10-5-13/h1,6,11,13,16-17H,2-5,7-10,12H2/t16-,17?/m0/s1. The first-order valence-electron chi connectivity index (χ1n) is 8.96. The van der Waals surface area contributed by atoms with Crippen molar-refractivity contribution in [3.05, 3.63) is 29.8 Å². The summed E-state index contributed by atoms with van der Waals surface area (Å²) in [5.74, 6) is -0.00165. The number of rotatable bonds is 3. The lowest BCUT2D eigenvalue weighted by Crippen LogP contribution is -2.41. The van der Waals surface area contributed by atoms with Crippen LogP contribution in [0.25, 0.3) is 0 Å². The first kappa shape index (κ1) is 16.0. The second kappa shape index (κ2) is 6.76. The molecule has 1 unspecified atom stereocenters. The minimum Gasteiger partial charge on any atom is -0.381 e. The molecule has 3 aliphatic rings. The van der Waals surface area contributed by atoms with Gasteiger partial charge in [0, 0.05) is 51.1 Å². The van der Waals surface area contributed by atoms with Gasteiger partial charge in [0.25, 0.3) is 5.91 Å². The summed E-state index contributed by atoms with van der Waals surface area (Å²) >= 11 is 0. The molecule has 1 amide bonds. The zero-order chi connectivity index (χ0) is 16.5. The van der Waals surface area contributed by atoms with Crippen LogP contribution >= 0.6 is 0 Å². The number of ether oxygens (including phenoxy) is 1. The lowest BCUT2D eigenvalue weighted by molar-refractivity contribution is 0.0502. The fraction of sp³-hybridized carbons (Fsp3) is 0.667. The minimum atomic E-state index is -0.525. The summed E-state index contributed by atoms with van der Waals surface area (Å²) in [6.07, 6.45) is 6.86. The van der Waals surface area contributed by atoms with E-state index >= 15 is 0 Å². The van der Waals surface area contributed by atoms with Crippen LogP contribution < -0.4 is 0 Å². The molecule has 3 saturated heterocycles. The Morgan fingerprint density at radius 1 is 1.21 bits per heavy atom. The van der Waals surface area contributed by atoms with Gasteiger partial charge in [-0.15, -0.1) is 0 Å². The van der Waals surface area contributed by atoms with E-state index in [0.717, 1.165) is 64.7 Å². The average Bonchev–Trinajstić information content (AvgIpc) is 3.19. The Bertz CT molecular complexity index is 606. The zero-order valence-corrected chi connectivity index (χ0v) is 13.9. The highest BCUT2D eigenvalue weighted by atomic mass is 19.1. The molecule has 4 rings (SSSR count). The molecule has 5 nitrogen and oxygen atoms in total. The Kier molecular flexibility index (Phi) is 4.50. The molecule has 0 radical (unpaired) electrons. The summed E-state index contributed by atoms with van der Waals surface area (Å²) in [5, 5.41) is 0. The number of pyridine rings is 1. The quantitative estimate of drug-likeness (QED) is 0.848. The summed E-state index contributed by atoms with van der Waals surface area (Å²) < 4.78 is 19.3. The van der Waals surface area contributed by atoms with Crippen LogP contribution in [0.4, 0.5) is 4.39 Å². The van der Waals surface area contributed by atoms with Crippen LogP contribution in [0.15, 0.2) is 18.5 Å². The number of halogens is 1. The van der Waals surface area contributed by atoms with Gasteiger partial charge in [0.1, 0.15) is 0 Å². The van der Waals surface area contributed by atoms with Crippen molar-refractivity contribution in [2.24, 2.45) is 5.92 Å².